The van der Waals surface area contributed by atoms with Crippen molar-refractivity contribution in [2.45, 2.75) is 27.2 Å². The molecular weight excluding hydrogens is 449 g/mol. The lowest BCUT2D eigenvalue weighted by molar-refractivity contribution is -0.121. The summed E-state index contributed by atoms with van der Waals surface area (Å²) in [5, 5.41) is 12.8. The Kier molecular flexibility index (Phi) is 7.46. The van der Waals surface area contributed by atoms with Crippen molar-refractivity contribution < 1.29 is 23.2 Å². The number of carbonyl (C=O) groups is 2. The summed E-state index contributed by atoms with van der Waals surface area (Å²) >= 11 is 6.10. The largest absolute Gasteiger partial charge is 0.452 e. The molecule has 1 heterocycles. The molecule has 1 aromatic heterocycles. The maximum atomic E-state index is 14.4. The standard InChI is InChI=1S/C24H21ClFN3O4/c1-14-10-15(2)12-17(11-14)29(9-5-8-27)20(30)13-32-24(31)21-16(3)33-28-23(21)22-18(25)6-4-7-19(22)26/h4,6-7,10-12H,5,9,13H2,1-3H3. The summed E-state index contributed by atoms with van der Waals surface area (Å²) in [7, 11) is 0. The van der Waals surface area contributed by atoms with Crippen LogP contribution in [0.25, 0.3) is 11.3 Å². The van der Waals surface area contributed by atoms with E-state index in [1.807, 2.05) is 38.1 Å². The average molecular weight is 470 g/mol. The molecule has 0 aliphatic carbocycles. The van der Waals surface area contributed by atoms with Crippen LogP contribution in [-0.2, 0) is 9.53 Å². The first-order valence-electron chi connectivity index (χ1n) is 10.1. The molecule has 9 heteroatoms. The van der Waals surface area contributed by atoms with Crippen LogP contribution in [0.4, 0.5) is 10.1 Å². The van der Waals surface area contributed by atoms with Crippen LogP contribution < -0.4 is 4.90 Å². The first-order chi connectivity index (χ1) is 15.7. The van der Waals surface area contributed by atoms with Gasteiger partial charge < -0.3 is 14.2 Å². The van der Waals surface area contributed by atoms with E-state index < -0.39 is 24.3 Å². The lowest BCUT2D eigenvalue weighted by Gasteiger charge is -2.22. The third kappa shape index (κ3) is 5.38. The zero-order valence-electron chi connectivity index (χ0n) is 18.3. The van der Waals surface area contributed by atoms with E-state index in [2.05, 4.69) is 5.16 Å². The summed E-state index contributed by atoms with van der Waals surface area (Å²) in [6.45, 7) is 4.81. The maximum Gasteiger partial charge on any atom is 0.344 e. The second-order valence-corrected chi connectivity index (χ2v) is 7.84. The Bertz CT molecular complexity index is 1210. The fourth-order valence-electron chi connectivity index (χ4n) is 3.45. The highest BCUT2D eigenvalue weighted by atomic mass is 35.5. The van der Waals surface area contributed by atoms with Crippen LogP contribution in [0.3, 0.4) is 0 Å². The summed E-state index contributed by atoms with van der Waals surface area (Å²) < 4.78 is 24.7. The SMILES string of the molecule is Cc1cc(C)cc(N(CCC#N)C(=O)COC(=O)c2c(-c3c(F)cccc3Cl)noc2C)c1. The first kappa shape index (κ1) is 24.0. The molecule has 170 valence electrons. The van der Waals surface area contributed by atoms with E-state index in [0.717, 1.165) is 11.1 Å². The molecule has 0 aliphatic heterocycles. The fraction of sp³-hybridized carbons (Fsp3) is 0.250. The highest BCUT2D eigenvalue weighted by molar-refractivity contribution is 6.33. The van der Waals surface area contributed by atoms with Crippen LogP contribution in [0, 0.1) is 37.9 Å². The van der Waals surface area contributed by atoms with Gasteiger partial charge in [-0.1, -0.05) is 28.9 Å². The van der Waals surface area contributed by atoms with Crippen LogP contribution in [-0.4, -0.2) is 30.2 Å². The number of esters is 1. The van der Waals surface area contributed by atoms with Gasteiger partial charge in [-0.15, -0.1) is 0 Å². The number of amides is 1. The maximum absolute atomic E-state index is 14.4. The summed E-state index contributed by atoms with van der Waals surface area (Å²) in [4.78, 5) is 27.1. The Labute approximate surface area is 195 Å². The minimum Gasteiger partial charge on any atom is -0.452 e. The molecule has 0 unspecified atom stereocenters. The lowest BCUT2D eigenvalue weighted by Crippen LogP contribution is -2.35. The Morgan fingerprint density at radius 2 is 1.91 bits per heavy atom. The average Bonchev–Trinajstić information content (AvgIpc) is 3.12. The van der Waals surface area contributed by atoms with Gasteiger partial charge in [0.2, 0.25) is 0 Å². The summed E-state index contributed by atoms with van der Waals surface area (Å²) in [5.74, 6) is -2.00. The minimum atomic E-state index is -0.905. The zero-order chi connectivity index (χ0) is 24.1. The van der Waals surface area contributed by atoms with Crippen molar-refractivity contribution in [2.75, 3.05) is 18.1 Å². The van der Waals surface area contributed by atoms with Crippen LogP contribution in [0.1, 0.15) is 33.7 Å². The van der Waals surface area contributed by atoms with E-state index in [-0.39, 0.29) is 40.6 Å². The number of halogens is 2. The molecule has 1 amide bonds. The van der Waals surface area contributed by atoms with E-state index >= 15 is 0 Å². The van der Waals surface area contributed by atoms with Gasteiger partial charge in [-0.2, -0.15) is 5.26 Å². The Morgan fingerprint density at radius 1 is 1.21 bits per heavy atom. The second kappa shape index (κ2) is 10.3. The smallest absolute Gasteiger partial charge is 0.344 e. The number of hydrogen-bond acceptors (Lipinski definition) is 6. The number of nitrogens with zero attached hydrogens (tertiary/aromatic N) is 3. The fourth-order valence-corrected chi connectivity index (χ4v) is 3.70. The highest BCUT2D eigenvalue weighted by Gasteiger charge is 2.27. The molecule has 3 aromatic rings. The Balaban J connectivity index is 1.83. The molecule has 0 aliphatic rings. The molecule has 2 aromatic carbocycles. The monoisotopic (exact) mass is 469 g/mol. The summed E-state index contributed by atoms with van der Waals surface area (Å²) in [6, 6.07) is 11.7. The van der Waals surface area contributed by atoms with Gasteiger partial charge in [0.25, 0.3) is 5.91 Å². The Hall–Kier alpha value is -3.70. The summed E-state index contributed by atoms with van der Waals surface area (Å²) in [5.41, 5.74) is 2.17. The highest BCUT2D eigenvalue weighted by Crippen LogP contribution is 2.33. The first-order valence-corrected chi connectivity index (χ1v) is 10.4. The lowest BCUT2D eigenvalue weighted by atomic mass is 10.1. The van der Waals surface area contributed by atoms with Crippen molar-refractivity contribution >= 4 is 29.2 Å². The van der Waals surface area contributed by atoms with Crippen LogP contribution >= 0.6 is 11.6 Å². The number of anilines is 1. The van der Waals surface area contributed by atoms with Crippen molar-refractivity contribution in [3.63, 3.8) is 0 Å². The van der Waals surface area contributed by atoms with E-state index in [0.29, 0.717) is 5.69 Å². The van der Waals surface area contributed by atoms with Gasteiger partial charge in [-0.05, 0) is 56.2 Å². The molecule has 3 rings (SSSR count). The molecule has 0 spiro atoms. The van der Waals surface area contributed by atoms with Crippen LogP contribution in [0.15, 0.2) is 40.9 Å². The molecule has 33 heavy (non-hydrogen) atoms. The molecular formula is C24H21ClFN3O4. The molecule has 0 saturated carbocycles. The van der Waals surface area contributed by atoms with Gasteiger partial charge in [0.15, 0.2) is 6.61 Å². The molecule has 0 atom stereocenters. The number of aromatic nitrogens is 1. The number of aryl methyl sites for hydroxylation is 3. The summed E-state index contributed by atoms with van der Waals surface area (Å²) in [6.07, 6.45) is 0.105. The van der Waals surface area contributed by atoms with Crippen LogP contribution in [0.5, 0.6) is 0 Å². The normalized spacial score (nSPS) is 10.5. The number of nitriles is 1. The van der Waals surface area contributed by atoms with Gasteiger partial charge in [0.1, 0.15) is 22.8 Å². The quantitative estimate of drug-likeness (QED) is 0.443. The third-order valence-corrected chi connectivity index (χ3v) is 5.17. The van der Waals surface area contributed by atoms with Crippen molar-refractivity contribution in [1.82, 2.24) is 5.16 Å². The van der Waals surface area contributed by atoms with E-state index in [9.17, 15) is 14.0 Å². The molecule has 0 bridgehead atoms. The van der Waals surface area contributed by atoms with E-state index in [1.165, 1.54) is 30.0 Å². The Morgan fingerprint density at radius 3 is 2.55 bits per heavy atom. The second-order valence-electron chi connectivity index (χ2n) is 7.43. The zero-order valence-corrected chi connectivity index (χ0v) is 19.1. The predicted octanol–water partition coefficient (Wildman–Crippen LogP) is 5.16. The van der Waals surface area contributed by atoms with Crippen LogP contribution in [0.2, 0.25) is 5.02 Å². The van der Waals surface area contributed by atoms with Crippen molar-refractivity contribution in [3.05, 3.63) is 69.7 Å². The number of rotatable bonds is 7. The van der Waals surface area contributed by atoms with Gasteiger partial charge in [0, 0.05) is 12.2 Å². The van der Waals surface area contributed by atoms with Crippen molar-refractivity contribution in [2.24, 2.45) is 0 Å². The van der Waals surface area contributed by atoms with Gasteiger partial charge in [-0.3, -0.25) is 4.79 Å². The number of carbonyl (C=O) groups excluding carboxylic acids is 2. The van der Waals surface area contributed by atoms with Gasteiger partial charge >= 0.3 is 5.97 Å². The predicted molar refractivity (Wildman–Crippen MR) is 120 cm³/mol. The number of ether oxygens (including phenoxy) is 1. The molecule has 0 N–H and O–H groups in total. The molecule has 0 fully saturated rings. The third-order valence-electron chi connectivity index (χ3n) is 4.86. The number of hydrogen-bond donors (Lipinski definition) is 0. The van der Waals surface area contributed by atoms with Gasteiger partial charge in [-0.25, -0.2) is 9.18 Å². The van der Waals surface area contributed by atoms with Crippen molar-refractivity contribution in [1.29, 1.82) is 5.26 Å². The number of benzene rings is 2. The minimum absolute atomic E-state index is 0.0472. The topological polar surface area (TPSA) is 96.4 Å². The molecule has 7 nitrogen and oxygen atoms in total. The van der Waals surface area contributed by atoms with E-state index in [4.69, 9.17) is 26.1 Å². The molecule has 0 saturated heterocycles. The van der Waals surface area contributed by atoms with Gasteiger partial charge in [0.05, 0.1) is 23.1 Å². The molecule has 0 radical (unpaired) electrons. The van der Waals surface area contributed by atoms with E-state index in [1.54, 1.807) is 0 Å². The van der Waals surface area contributed by atoms with Crippen molar-refractivity contribution in [3.8, 4) is 17.3 Å².